The Morgan fingerprint density at radius 2 is 1.81 bits per heavy atom. The van der Waals surface area contributed by atoms with Gasteiger partial charge in [0.05, 0.1) is 5.02 Å². The lowest BCUT2D eigenvalue weighted by molar-refractivity contribution is 0.198. The number of rotatable bonds is 6. The Morgan fingerprint density at radius 1 is 1.10 bits per heavy atom. The van der Waals surface area contributed by atoms with E-state index in [1.807, 2.05) is 43.3 Å². The lowest BCUT2D eigenvalue weighted by atomic mass is 10.1. The monoisotopic (exact) mass is 303 g/mol. The van der Waals surface area contributed by atoms with E-state index < -0.39 is 0 Å². The molecular formula is C18H22ClNO. The molecule has 0 saturated carbocycles. The van der Waals surface area contributed by atoms with Crippen molar-refractivity contribution in [3.05, 3.63) is 64.7 Å². The van der Waals surface area contributed by atoms with Gasteiger partial charge in [0.15, 0.2) is 0 Å². The molecule has 0 saturated heterocycles. The van der Waals surface area contributed by atoms with Gasteiger partial charge in [0.25, 0.3) is 0 Å². The van der Waals surface area contributed by atoms with E-state index in [1.54, 1.807) is 0 Å². The van der Waals surface area contributed by atoms with Crippen molar-refractivity contribution in [1.82, 2.24) is 5.32 Å². The Hall–Kier alpha value is -1.51. The summed E-state index contributed by atoms with van der Waals surface area (Å²) in [6.07, 6.45) is -0.0613. The van der Waals surface area contributed by atoms with Crippen LogP contribution in [-0.4, -0.2) is 12.6 Å². The fourth-order valence-corrected chi connectivity index (χ4v) is 2.37. The maximum Gasteiger partial charge on any atom is 0.138 e. The Bertz CT molecular complexity index is 569. The Labute approximate surface area is 132 Å². The van der Waals surface area contributed by atoms with Crippen LogP contribution in [0.4, 0.5) is 0 Å². The van der Waals surface area contributed by atoms with E-state index in [1.165, 1.54) is 0 Å². The van der Waals surface area contributed by atoms with Gasteiger partial charge in [0.2, 0.25) is 0 Å². The number of nitrogens with one attached hydrogen (secondary N) is 1. The summed E-state index contributed by atoms with van der Waals surface area (Å²) in [5.74, 6) is 0.724. The van der Waals surface area contributed by atoms with E-state index in [4.69, 9.17) is 16.3 Å². The van der Waals surface area contributed by atoms with Crippen LogP contribution < -0.4 is 10.1 Å². The molecule has 0 fully saturated rings. The third-order valence-corrected chi connectivity index (χ3v) is 3.53. The van der Waals surface area contributed by atoms with E-state index in [0.29, 0.717) is 11.1 Å². The number of hydrogen-bond donors (Lipinski definition) is 1. The van der Waals surface area contributed by atoms with E-state index in [9.17, 15) is 0 Å². The molecule has 1 atom stereocenters. The zero-order valence-electron chi connectivity index (χ0n) is 12.8. The minimum absolute atomic E-state index is 0.0613. The summed E-state index contributed by atoms with van der Waals surface area (Å²) >= 11 is 6.28. The van der Waals surface area contributed by atoms with Crippen molar-refractivity contribution in [3.8, 4) is 5.75 Å². The van der Waals surface area contributed by atoms with Crippen LogP contribution in [0.25, 0.3) is 0 Å². The quantitative estimate of drug-likeness (QED) is 0.830. The van der Waals surface area contributed by atoms with E-state index in [0.717, 1.165) is 23.4 Å². The molecule has 0 aliphatic rings. The van der Waals surface area contributed by atoms with Gasteiger partial charge < -0.3 is 10.1 Å². The average Bonchev–Trinajstić information content (AvgIpc) is 2.46. The Kier molecular flexibility index (Phi) is 5.66. The minimum Gasteiger partial charge on any atom is -0.483 e. The molecule has 0 bridgehead atoms. The maximum atomic E-state index is 6.28. The predicted molar refractivity (Wildman–Crippen MR) is 89.1 cm³/mol. The lowest BCUT2D eigenvalue weighted by Gasteiger charge is -2.22. The standard InChI is InChI=1S/C18H22ClNO/c1-13(2)20-12-18(15-7-5-4-6-8-15)21-17-10-9-14(3)11-16(17)19/h4-11,13,18,20H,12H2,1-3H3. The third kappa shape index (κ3) is 4.76. The largest absolute Gasteiger partial charge is 0.483 e. The first kappa shape index (κ1) is 15.9. The van der Waals surface area contributed by atoms with Crippen LogP contribution >= 0.6 is 11.6 Å². The smallest absolute Gasteiger partial charge is 0.138 e. The van der Waals surface area contributed by atoms with Gasteiger partial charge in [-0.25, -0.2) is 0 Å². The molecule has 2 nitrogen and oxygen atoms in total. The van der Waals surface area contributed by atoms with Gasteiger partial charge in [-0.2, -0.15) is 0 Å². The lowest BCUT2D eigenvalue weighted by Crippen LogP contribution is -2.30. The molecule has 3 heteroatoms. The van der Waals surface area contributed by atoms with Crippen molar-refractivity contribution in [2.75, 3.05) is 6.54 Å². The number of halogens is 1. The second kappa shape index (κ2) is 7.48. The summed E-state index contributed by atoms with van der Waals surface area (Å²) < 4.78 is 6.14. The summed E-state index contributed by atoms with van der Waals surface area (Å²) in [6, 6.07) is 16.5. The fourth-order valence-electron chi connectivity index (χ4n) is 2.09. The third-order valence-electron chi connectivity index (χ3n) is 3.24. The molecule has 21 heavy (non-hydrogen) atoms. The van der Waals surface area contributed by atoms with Crippen molar-refractivity contribution in [2.45, 2.75) is 32.9 Å². The first-order chi connectivity index (χ1) is 10.1. The highest BCUT2D eigenvalue weighted by Gasteiger charge is 2.15. The molecule has 0 aliphatic carbocycles. The number of ether oxygens (including phenoxy) is 1. The molecular weight excluding hydrogens is 282 g/mol. The van der Waals surface area contributed by atoms with Gasteiger partial charge in [-0.15, -0.1) is 0 Å². The topological polar surface area (TPSA) is 21.3 Å². The molecule has 0 aliphatic heterocycles. The number of benzene rings is 2. The van der Waals surface area contributed by atoms with Crippen molar-refractivity contribution in [3.63, 3.8) is 0 Å². The van der Waals surface area contributed by atoms with Crippen LogP contribution in [0.15, 0.2) is 48.5 Å². The highest BCUT2D eigenvalue weighted by Crippen LogP contribution is 2.29. The van der Waals surface area contributed by atoms with Crippen LogP contribution in [0.2, 0.25) is 5.02 Å². The first-order valence-electron chi connectivity index (χ1n) is 7.27. The summed E-state index contributed by atoms with van der Waals surface area (Å²) in [7, 11) is 0. The first-order valence-corrected chi connectivity index (χ1v) is 7.65. The van der Waals surface area contributed by atoms with E-state index in [2.05, 4.69) is 31.3 Å². The Morgan fingerprint density at radius 3 is 2.43 bits per heavy atom. The fraction of sp³-hybridized carbons (Fsp3) is 0.333. The van der Waals surface area contributed by atoms with Crippen LogP contribution in [0, 0.1) is 6.92 Å². The summed E-state index contributed by atoms with van der Waals surface area (Å²) in [5.41, 5.74) is 2.27. The second-order valence-corrected chi connectivity index (χ2v) is 5.92. The molecule has 1 N–H and O–H groups in total. The maximum absolute atomic E-state index is 6.28. The molecule has 2 rings (SSSR count). The van der Waals surface area contributed by atoms with Gasteiger partial charge >= 0.3 is 0 Å². The molecule has 0 amide bonds. The molecule has 2 aromatic rings. The Balaban J connectivity index is 2.19. The molecule has 112 valence electrons. The van der Waals surface area contributed by atoms with Crippen molar-refractivity contribution < 1.29 is 4.74 Å². The van der Waals surface area contributed by atoms with Gasteiger partial charge in [-0.05, 0) is 30.2 Å². The SMILES string of the molecule is Cc1ccc(OC(CNC(C)C)c2ccccc2)c(Cl)c1. The van der Waals surface area contributed by atoms with Gasteiger partial charge in [0, 0.05) is 12.6 Å². The van der Waals surface area contributed by atoms with Gasteiger partial charge in [0.1, 0.15) is 11.9 Å². The normalized spacial score (nSPS) is 12.4. The molecule has 0 spiro atoms. The van der Waals surface area contributed by atoms with Crippen LogP contribution in [0.1, 0.15) is 31.1 Å². The van der Waals surface area contributed by atoms with Crippen molar-refractivity contribution >= 4 is 11.6 Å². The predicted octanol–water partition coefficient (Wildman–Crippen LogP) is 4.77. The highest BCUT2D eigenvalue weighted by atomic mass is 35.5. The van der Waals surface area contributed by atoms with Gasteiger partial charge in [-0.3, -0.25) is 0 Å². The minimum atomic E-state index is -0.0613. The van der Waals surface area contributed by atoms with Crippen molar-refractivity contribution in [1.29, 1.82) is 0 Å². The number of aryl methyl sites for hydroxylation is 1. The second-order valence-electron chi connectivity index (χ2n) is 5.51. The van der Waals surface area contributed by atoms with E-state index >= 15 is 0 Å². The molecule has 0 aromatic heterocycles. The average molecular weight is 304 g/mol. The molecule has 0 radical (unpaired) electrons. The van der Waals surface area contributed by atoms with Crippen LogP contribution in [-0.2, 0) is 0 Å². The van der Waals surface area contributed by atoms with Gasteiger partial charge in [-0.1, -0.05) is 61.8 Å². The summed E-state index contributed by atoms with van der Waals surface area (Å²) in [4.78, 5) is 0. The van der Waals surface area contributed by atoms with Crippen LogP contribution in [0.5, 0.6) is 5.75 Å². The zero-order valence-corrected chi connectivity index (χ0v) is 13.5. The number of hydrogen-bond acceptors (Lipinski definition) is 2. The van der Waals surface area contributed by atoms with E-state index in [-0.39, 0.29) is 6.10 Å². The summed E-state index contributed by atoms with van der Waals surface area (Å²) in [6.45, 7) is 7.01. The molecule has 1 unspecified atom stereocenters. The highest BCUT2D eigenvalue weighted by molar-refractivity contribution is 6.32. The van der Waals surface area contributed by atoms with Crippen LogP contribution in [0.3, 0.4) is 0 Å². The zero-order chi connectivity index (χ0) is 15.2. The van der Waals surface area contributed by atoms with Crippen molar-refractivity contribution in [2.24, 2.45) is 0 Å². The summed E-state index contributed by atoms with van der Waals surface area (Å²) in [5, 5.41) is 4.08. The molecule has 0 heterocycles. The molecule has 2 aromatic carbocycles.